The molecule has 1 amide bonds. The Morgan fingerprint density at radius 3 is 2.63 bits per heavy atom. The molecule has 6 rings (SSSR count). The Bertz CT molecular complexity index is 1770. The predicted octanol–water partition coefficient (Wildman–Crippen LogP) is 6.66. The quantitative estimate of drug-likeness (QED) is 0.143. The number of methoxy groups -OCH3 is 1. The second-order valence-electron chi connectivity index (χ2n) is 10.3. The Hall–Kier alpha value is -4.84. The van der Waals surface area contributed by atoms with Crippen molar-refractivity contribution in [1.29, 1.82) is 0 Å². The Morgan fingerprint density at radius 2 is 1.95 bits per heavy atom. The van der Waals surface area contributed by atoms with Gasteiger partial charge in [-0.2, -0.15) is 4.73 Å². The number of halogens is 3. The van der Waals surface area contributed by atoms with E-state index in [4.69, 9.17) is 11.6 Å². The first-order valence-electron chi connectivity index (χ1n) is 13.5. The average Bonchev–Trinajstić information content (AvgIpc) is 3.46. The number of hydrogen-bond donors (Lipinski definition) is 2. The lowest BCUT2D eigenvalue weighted by Gasteiger charge is -2.16. The highest BCUT2D eigenvalue weighted by Gasteiger charge is 2.33. The maximum absolute atomic E-state index is 13.5. The lowest BCUT2D eigenvalue weighted by Crippen LogP contribution is -2.34. The summed E-state index contributed by atoms with van der Waals surface area (Å²) in [5.74, 6) is 0.884. The number of pyridine rings is 1. The van der Waals surface area contributed by atoms with Crippen molar-refractivity contribution in [2.75, 3.05) is 12.4 Å². The van der Waals surface area contributed by atoms with E-state index in [-0.39, 0.29) is 5.92 Å². The molecule has 1 fully saturated rings. The number of aromatic nitrogens is 6. The number of hydrogen-bond acceptors (Lipinski definition) is 6. The van der Waals surface area contributed by atoms with Crippen molar-refractivity contribution >= 4 is 23.4 Å². The molecule has 10 nitrogen and oxygen atoms in total. The van der Waals surface area contributed by atoms with Crippen molar-refractivity contribution in [3.63, 3.8) is 0 Å². The van der Waals surface area contributed by atoms with Gasteiger partial charge in [0.05, 0.1) is 30.9 Å². The molecule has 0 spiro atoms. The van der Waals surface area contributed by atoms with E-state index in [2.05, 4.69) is 30.3 Å². The highest BCUT2D eigenvalue weighted by Crippen LogP contribution is 2.41. The molecule has 0 bridgehead atoms. The third kappa shape index (κ3) is 6.19. The van der Waals surface area contributed by atoms with Gasteiger partial charge in [0.1, 0.15) is 17.4 Å². The van der Waals surface area contributed by atoms with Gasteiger partial charge in [0, 0.05) is 27.9 Å². The van der Waals surface area contributed by atoms with E-state index in [1.165, 1.54) is 18.0 Å². The normalized spacial score (nSPS) is 13.7. The van der Waals surface area contributed by atoms with Crippen LogP contribution in [-0.2, 0) is 4.74 Å². The second-order valence-corrected chi connectivity index (χ2v) is 10.8. The number of imidazole rings is 1. The molecule has 3 aromatic heterocycles. The highest BCUT2D eigenvalue weighted by molar-refractivity contribution is 6.31. The van der Waals surface area contributed by atoms with E-state index in [0.717, 1.165) is 41.4 Å². The second kappa shape index (κ2) is 11.8. The highest BCUT2D eigenvalue weighted by atomic mass is 35.5. The molecule has 1 aliphatic rings. The maximum Gasteiger partial charge on any atom is 0.411 e. The van der Waals surface area contributed by atoms with E-state index in [9.17, 15) is 18.8 Å². The fourth-order valence-electron chi connectivity index (χ4n) is 4.98. The maximum atomic E-state index is 13.5. The Labute approximate surface area is 249 Å². The van der Waals surface area contributed by atoms with E-state index in [1.807, 2.05) is 12.1 Å². The minimum absolute atomic E-state index is 0.282. The summed E-state index contributed by atoms with van der Waals surface area (Å²) in [6, 6.07) is 15.7. The number of benzene rings is 2. The van der Waals surface area contributed by atoms with Crippen molar-refractivity contribution in [2.45, 2.75) is 31.6 Å². The van der Waals surface area contributed by atoms with Gasteiger partial charge in [-0.15, -0.1) is 5.10 Å². The minimum Gasteiger partial charge on any atom is -0.618 e. The topological polar surface area (TPSA) is 125 Å². The molecule has 5 aromatic rings. The first-order valence-corrected chi connectivity index (χ1v) is 13.9. The van der Waals surface area contributed by atoms with Gasteiger partial charge in [-0.3, -0.25) is 5.32 Å². The van der Waals surface area contributed by atoms with Crippen LogP contribution in [-0.4, -0.2) is 38.2 Å². The number of aromatic amines is 1. The molecule has 2 aromatic carbocycles. The van der Waals surface area contributed by atoms with Gasteiger partial charge in [0.2, 0.25) is 5.69 Å². The number of nitrogens with zero attached hydrogens (tertiary/aromatic N) is 5. The molecule has 220 valence electrons. The summed E-state index contributed by atoms with van der Waals surface area (Å²) in [5, 5.41) is 24.0. The van der Waals surface area contributed by atoms with Gasteiger partial charge in [-0.25, -0.2) is 23.2 Å². The first-order chi connectivity index (χ1) is 20.8. The molecular formula is C30H26ClF2N7O3. The van der Waals surface area contributed by atoms with Crippen molar-refractivity contribution in [1.82, 2.24) is 25.0 Å². The Morgan fingerprint density at radius 1 is 1.19 bits per heavy atom. The van der Waals surface area contributed by atoms with Crippen molar-refractivity contribution in [3.8, 4) is 28.1 Å². The van der Waals surface area contributed by atoms with Gasteiger partial charge in [-0.05, 0) is 54.3 Å². The summed E-state index contributed by atoms with van der Waals surface area (Å²) in [6.45, 7) is 0. The number of amides is 1. The Kier molecular flexibility index (Phi) is 7.76. The van der Waals surface area contributed by atoms with E-state index in [1.54, 1.807) is 48.7 Å². The van der Waals surface area contributed by atoms with E-state index >= 15 is 0 Å². The van der Waals surface area contributed by atoms with Crippen LogP contribution in [0.15, 0.2) is 73.2 Å². The first kappa shape index (κ1) is 28.3. The fourth-order valence-corrected chi connectivity index (χ4v) is 5.15. The van der Waals surface area contributed by atoms with Crippen LogP contribution in [0.1, 0.15) is 48.8 Å². The van der Waals surface area contributed by atoms with Crippen LogP contribution >= 0.6 is 11.6 Å². The number of H-pyrrole nitrogens is 1. The summed E-state index contributed by atoms with van der Waals surface area (Å²) in [6.07, 6.45) is 3.97. The van der Waals surface area contributed by atoms with Crippen LogP contribution in [0.5, 0.6) is 0 Å². The molecule has 0 saturated heterocycles. The minimum atomic E-state index is -2.76. The van der Waals surface area contributed by atoms with Crippen LogP contribution in [0.4, 0.5) is 19.3 Å². The molecule has 1 saturated carbocycles. The fraction of sp³-hybridized carbons (Fsp3) is 0.233. The number of carbonyl (C=O) groups excluding carboxylic acids is 1. The third-order valence-corrected chi connectivity index (χ3v) is 7.61. The predicted molar refractivity (Wildman–Crippen MR) is 155 cm³/mol. The number of anilines is 1. The standard InChI is InChI=1S/C30H26ClF2N7O3/c1-43-30(41)35-21-8-4-18(5-9-21)24-14-34-29(36-24)23(12-17-2-3-17)27-10-6-19(15-40(27)42)22-13-20(31)7-11-26(22)39-16-25(28(32)33)37-38-39/h4-11,13-17,23,28H,2-3,12H2,1H3,(H,34,36)(H,35,41). The molecule has 43 heavy (non-hydrogen) atoms. The zero-order valence-electron chi connectivity index (χ0n) is 22.9. The van der Waals surface area contributed by atoms with Crippen LogP contribution in [0.25, 0.3) is 28.1 Å². The lowest BCUT2D eigenvalue weighted by molar-refractivity contribution is -0.614. The van der Waals surface area contributed by atoms with Gasteiger partial charge in [0.15, 0.2) is 6.20 Å². The molecule has 1 atom stereocenters. The average molecular weight is 606 g/mol. The summed E-state index contributed by atoms with van der Waals surface area (Å²) in [5.41, 5.74) is 3.83. The van der Waals surface area contributed by atoms with Gasteiger partial charge < -0.3 is 14.9 Å². The zero-order valence-corrected chi connectivity index (χ0v) is 23.6. The molecular weight excluding hydrogens is 580 g/mol. The SMILES string of the molecule is COC(=O)Nc1ccc(-c2cnc(C(CC3CC3)c3ccc(-c4cc(Cl)ccc4-n4cc(C(F)F)nn4)c[n+]3[O-])[nH]2)cc1. The Balaban J connectivity index is 1.31. The molecule has 0 aliphatic heterocycles. The number of nitrogens with one attached hydrogen (secondary N) is 2. The van der Waals surface area contributed by atoms with E-state index in [0.29, 0.717) is 45.0 Å². The number of rotatable bonds is 9. The third-order valence-electron chi connectivity index (χ3n) is 7.37. The smallest absolute Gasteiger partial charge is 0.411 e. The number of ether oxygens (including phenoxy) is 1. The summed E-state index contributed by atoms with van der Waals surface area (Å²) in [7, 11) is 1.30. The van der Waals surface area contributed by atoms with Crippen molar-refractivity contribution < 1.29 is 23.0 Å². The summed E-state index contributed by atoms with van der Waals surface area (Å²) >= 11 is 6.28. The number of carbonyl (C=O) groups is 1. The zero-order chi connectivity index (χ0) is 30.1. The molecule has 3 heterocycles. The van der Waals surface area contributed by atoms with Crippen LogP contribution in [0.3, 0.4) is 0 Å². The molecule has 0 radical (unpaired) electrons. The number of alkyl halides is 2. The monoisotopic (exact) mass is 605 g/mol. The van der Waals surface area contributed by atoms with Gasteiger partial charge in [-0.1, -0.05) is 41.8 Å². The van der Waals surface area contributed by atoms with Crippen molar-refractivity contribution in [2.24, 2.45) is 5.92 Å². The van der Waals surface area contributed by atoms with Crippen molar-refractivity contribution in [3.05, 3.63) is 101 Å². The van der Waals surface area contributed by atoms with Gasteiger partial charge in [0.25, 0.3) is 6.43 Å². The van der Waals surface area contributed by atoms with Crippen LogP contribution < -0.4 is 10.0 Å². The lowest BCUT2D eigenvalue weighted by atomic mass is 9.95. The van der Waals surface area contributed by atoms with Crippen LogP contribution in [0, 0.1) is 11.1 Å². The molecule has 1 aliphatic carbocycles. The summed E-state index contributed by atoms with van der Waals surface area (Å²) in [4.78, 5) is 19.5. The largest absolute Gasteiger partial charge is 0.618 e. The summed E-state index contributed by atoms with van der Waals surface area (Å²) < 4.78 is 33.0. The van der Waals surface area contributed by atoms with Gasteiger partial charge >= 0.3 is 6.09 Å². The van der Waals surface area contributed by atoms with E-state index < -0.39 is 18.2 Å². The molecule has 1 unspecified atom stereocenters. The molecule has 13 heteroatoms. The molecule has 2 N–H and O–H groups in total. The van der Waals surface area contributed by atoms with Crippen LogP contribution in [0.2, 0.25) is 5.02 Å².